The molecule has 0 atom stereocenters. The maximum Gasteiger partial charge on any atom is 0.341 e. The average molecular weight is 450 g/mol. The fourth-order valence-corrected chi connectivity index (χ4v) is 4.26. The first-order chi connectivity index (χ1) is 15.5. The Balaban J connectivity index is 1.62. The van der Waals surface area contributed by atoms with Crippen molar-refractivity contribution in [3.05, 3.63) is 75.8 Å². The summed E-state index contributed by atoms with van der Waals surface area (Å²) in [6.45, 7) is 1.74. The van der Waals surface area contributed by atoms with E-state index in [2.05, 4.69) is 10.4 Å². The monoisotopic (exact) mass is 450 g/mol. The van der Waals surface area contributed by atoms with Crippen molar-refractivity contribution in [2.75, 3.05) is 11.9 Å². The highest BCUT2D eigenvalue weighted by molar-refractivity contribution is 7.15. The third-order valence-electron chi connectivity index (χ3n) is 4.74. The first-order valence-electron chi connectivity index (χ1n) is 9.71. The molecule has 0 bridgehead atoms. The Morgan fingerprint density at radius 1 is 1.22 bits per heavy atom. The summed E-state index contributed by atoms with van der Waals surface area (Å²) in [6.07, 6.45) is 1.54. The number of benzene rings is 2. The number of amides is 1. The van der Waals surface area contributed by atoms with E-state index in [4.69, 9.17) is 4.74 Å². The summed E-state index contributed by atoms with van der Waals surface area (Å²) < 4.78 is 6.59. The number of hydrogen-bond acceptors (Lipinski definition) is 7. The highest BCUT2D eigenvalue weighted by Crippen LogP contribution is 2.36. The molecule has 10 heteroatoms. The topological polar surface area (TPSA) is 116 Å². The molecule has 0 radical (unpaired) electrons. The molecule has 0 fully saturated rings. The van der Waals surface area contributed by atoms with E-state index in [-0.39, 0.29) is 24.4 Å². The minimum absolute atomic E-state index is 0.0879. The lowest BCUT2D eigenvalue weighted by Gasteiger charge is -2.09. The molecule has 2 aromatic heterocycles. The van der Waals surface area contributed by atoms with E-state index in [0.29, 0.717) is 21.5 Å². The Morgan fingerprint density at radius 2 is 2.00 bits per heavy atom. The van der Waals surface area contributed by atoms with Crippen molar-refractivity contribution in [1.82, 2.24) is 9.78 Å². The van der Waals surface area contributed by atoms with Gasteiger partial charge in [-0.25, -0.2) is 4.79 Å². The van der Waals surface area contributed by atoms with Gasteiger partial charge >= 0.3 is 5.97 Å². The molecular weight excluding hydrogens is 432 g/mol. The van der Waals surface area contributed by atoms with Crippen molar-refractivity contribution in [3.8, 4) is 11.1 Å². The van der Waals surface area contributed by atoms with E-state index in [9.17, 15) is 19.7 Å². The lowest BCUT2D eigenvalue weighted by molar-refractivity contribution is -0.384. The summed E-state index contributed by atoms with van der Waals surface area (Å²) in [7, 11) is 0. The molecular formula is C22H18N4O5S. The van der Waals surface area contributed by atoms with Gasteiger partial charge in [0.2, 0.25) is 5.91 Å². The van der Waals surface area contributed by atoms with Gasteiger partial charge in [-0.2, -0.15) is 5.10 Å². The minimum Gasteiger partial charge on any atom is -0.462 e. The molecule has 0 saturated carbocycles. The molecule has 9 nitrogen and oxygen atoms in total. The Hall–Kier alpha value is -4.05. The third-order valence-corrected chi connectivity index (χ3v) is 5.64. The van der Waals surface area contributed by atoms with Crippen LogP contribution in [-0.2, 0) is 16.1 Å². The number of nitrogens with one attached hydrogen (secondary N) is 1. The Bertz CT molecular complexity index is 1310. The minimum atomic E-state index is -0.525. The van der Waals surface area contributed by atoms with E-state index in [1.54, 1.807) is 18.4 Å². The molecule has 0 aliphatic heterocycles. The van der Waals surface area contributed by atoms with Crippen LogP contribution in [0.2, 0.25) is 0 Å². The fourth-order valence-electron chi connectivity index (χ4n) is 3.29. The van der Waals surface area contributed by atoms with Crippen LogP contribution in [0.15, 0.2) is 60.1 Å². The zero-order chi connectivity index (χ0) is 22.7. The molecule has 1 amide bonds. The number of anilines is 1. The lowest BCUT2D eigenvalue weighted by Crippen LogP contribution is -2.20. The number of thiophene rings is 1. The Kier molecular flexibility index (Phi) is 5.95. The normalized spacial score (nSPS) is 10.8. The summed E-state index contributed by atoms with van der Waals surface area (Å²) in [5, 5.41) is 20.8. The van der Waals surface area contributed by atoms with E-state index in [1.807, 2.05) is 30.3 Å². The molecule has 0 unspecified atom stereocenters. The van der Waals surface area contributed by atoms with Gasteiger partial charge in [-0.15, -0.1) is 11.3 Å². The highest BCUT2D eigenvalue weighted by Gasteiger charge is 2.23. The number of esters is 1. The fraction of sp³-hybridized carbons (Fsp3) is 0.136. The van der Waals surface area contributed by atoms with Crippen LogP contribution in [0.5, 0.6) is 0 Å². The number of non-ortho nitro benzene ring substituents is 1. The van der Waals surface area contributed by atoms with Crippen molar-refractivity contribution >= 4 is 44.8 Å². The van der Waals surface area contributed by atoms with Gasteiger partial charge in [-0.05, 0) is 18.6 Å². The first-order valence-corrected chi connectivity index (χ1v) is 10.6. The van der Waals surface area contributed by atoms with Gasteiger partial charge in [0.15, 0.2) is 0 Å². The summed E-state index contributed by atoms with van der Waals surface area (Å²) in [4.78, 5) is 36.0. The molecule has 0 aliphatic carbocycles. The predicted molar refractivity (Wildman–Crippen MR) is 121 cm³/mol. The lowest BCUT2D eigenvalue weighted by atomic mass is 10.0. The Labute approximate surface area is 186 Å². The molecule has 4 rings (SSSR count). The highest BCUT2D eigenvalue weighted by atomic mass is 32.1. The van der Waals surface area contributed by atoms with Crippen LogP contribution < -0.4 is 5.32 Å². The Morgan fingerprint density at radius 3 is 2.72 bits per heavy atom. The molecule has 32 heavy (non-hydrogen) atoms. The van der Waals surface area contributed by atoms with Gasteiger partial charge in [-0.1, -0.05) is 30.3 Å². The summed E-state index contributed by atoms with van der Waals surface area (Å²) in [6, 6.07) is 13.7. The SMILES string of the molecule is CCOC(=O)c1c(-c2ccccc2)csc1NC(=O)Cn1ncc2ccc([N+](=O)[O-])cc21. The zero-order valence-corrected chi connectivity index (χ0v) is 17.8. The smallest absolute Gasteiger partial charge is 0.341 e. The standard InChI is InChI=1S/C22H18N4O5S/c1-2-31-22(28)20-17(14-6-4-3-5-7-14)13-32-21(20)24-19(27)12-25-18-10-16(26(29)30)9-8-15(18)11-23-25/h3-11,13H,2,12H2,1H3,(H,24,27). The summed E-state index contributed by atoms with van der Waals surface area (Å²) in [5.41, 5.74) is 2.17. The van der Waals surface area contributed by atoms with Crippen LogP contribution in [0.1, 0.15) is 17.3 Å². The van der Waals surface area contributed by atoms with E-state index in [1.165, 1.54) is 34.3 Å². The van der Waals surface area contributed by atoms with Gasteiger partial charge in [0.25, 0.3) is 5.69 Å². The van der Waals surface area contributed by atoms with Gasteiger partial charge in [-0.3, -0.25) is 19.6 Å². The number of ether oxygens (including phenoxy) is 1. The molecule has 0 spiro atoms. The molecule has 2 aromatic carbocycles. The average Bonchev–Trinajstić information content (AvgIpc) is 3.38. The second kappa shape index (κ2) is 8.98. The molecule has 0 saturated heterocycles. The van der Waals surface area contributed by atoms with Crippen molar-refractivity contribution in [2.45, 2.75) is 13.5 Å². The predicted octanol–water partition coefficient (Wildman–Crippen LogP) is 4.49. The largest absolute Gasteiger partial charge is 0.462 e. The van der Waals surface area contributed by atoms with Crippen molar-refractivity contribution in [1.29, 1.82) is 0 Å². The van der Waals surface area contributed by atoms with Crippen molar-refractivity contribution in [2.24, 2.45) is 0 Å². The number of carbonyl (C=O) groups is 2. The second-order valence-electron chi connectivity index (χ2n) is 6.79. The van der Waals surface area contributed by atoms with E-state index < -0.39 is 16.8 Å². The molecule has 4 aromatic rings. The molecule has 162 valence electrons. The van der Waals surface area contributed by atoms with Crippen molar-refractivity contribution in [3.63, 3.8) is 0 Å². The van der Waals surface area contributed by atoms with Crippen LogP contribution in [0, 0.1) is 10.1 Å². The number of aromatic nitrogens is 2. The molecule has 2 heterocycles. The number of fused-ring (bicyclic) bond motifs is 1. The van der Waals surface area contributed by atoms with Crippen LogP contribution in [0.25, 0.3) is 22.0 Å². The molecule has 0 aliphatic rings. The van der Waals surface area contributed by atoms with E-state index >= 15 is 0 Å². The van der Waals surface area contributed by atoms with Gasteiger partial charge in [0.1, 0.15) is 17.1 Å². The summed E-state index contributed by atoms with van der Waals surface area (Å²) >= 11 is 1.22. The van der Waals surface area contributed by atoms with Crippen LogP contribution in [0.3, 0.4) is 0 Å². The van der Waals surface area contributed by atoms with E-state index in [0.717, 1.165) is 5.56 Å². The number of rotatable bonds is 7. The first kappa shape index (κ1) is 21.2. The van der Waals surface area contributed by atoms with Gasteiger partial charge in [0.05, 0.1) is 23.2 Å². The number of carbonyl (C=O) groups excluding carboxylic acids is 2. The summed E-state index contributed by atoms with van der Waals surface area (Å²) in [5.74, 6) is -0.948. The number of nitro benzene ring substituents is 1. The quantitative estimate of drug-likeness (QED) is 0.252. The van der Waals surface area contributed by atoms with Gasteiger partial charge < -0.3 is 10.1 Å². The van der Waals surface area contributed by atoms with Crippen LogP contribution >= 0.6 is 11.3 Å². The number of hydrogen-bond donors (Lipinski definition) is 1. The van der Waals surface area contributed by atoms with Gasteiger partial charge in [0, 0.05) is 28.5 Å². The van der Waals surface area contributed by atoms with Crippen LogP contribution in [0.4, 0.5) is 10.7 Å². The zero-order valence-electron chi connectivity index (χ0n) is 17.0. The third kappa shape index (κ3) is 4.21. The maximum atomic E-state index is 12.8. The number of nitro groups is 1. The van der Waals surface area contributed by atoms with Crippen LogP contribution in [-0.4, -0.2) is 33.2 Å². The maximum absolute atomic E-state index is 12.8. The second-order valence-corrected chi connectivity index (χ2v) is 7.67. The number of nitrogens with zero attached hydrogens (tertiary/aromatic N) is 3. The molecule has 1 N–H and O–H groups in total. The van der Waals surface area contributed by atoms with Crippen molar-refractivity contribution < 1.29 is 19.2 Å².